The Kier molecular flexibility index (Phi) is 2.70. The summed E-state index contributed by atoms with van der Waals surface area (Å²) in [6.45, 7) is 2.11. The second kappa shape index (κ2) is 3.98. The SMILES string of the molecule is CNC(c1ccco1)c1ccc(C)s1. The molecule has 74 valence electrons. The molecule has 0 aromatic carbocycles. The molecule has 14 heavy (non-hydrogen) atoms. The fourth-order valence-corrected chi connectivity index (χ4v) is 2.48. The summed E-state index contributed by atoms with van der Waals surface area (Å²) >= 11 is 1.80. The molecule has 1 unspecified atom stereocenters. The second-order valence-electron chi connectivity index (χ2n) is 3.19. The van der Waals surface area contributed by atoms with E-state index < -0.39 is 0 Å². The molecule has 0 spiro atoms. The van der Waals surface area contributed by atoms with E-state index in [1.807, 2.05) is 19.2 Å². The lowest BCUT2D eigenvalue weighted by Gasteiger charge is -2.10. The van der Waals surface area contributed by atoms with Gasteiger partial charge in [-0.05, 0) is 38.2 Å². The average Bonchev–Trinajstić information content (AvgIpc) is 2.79. The molecule has 2 heterocycles. The van der Waals surface area contributed by atoms with Crippen molar-refractivity contribution in [1.82, 2.24) is 5.32 Å². The van der Waals surface area contributed by atoms with Crippen LogP contribution in [0, 0.1) is 6.92 Å². The number of hydrogen-bond donors (Lipinski definition) is 1. The van der Waals surface area contributed by atoms with Gasteiger partial charge in [-0.25, -0.2) is 0 Å². The van der Waals surface area contributed by atoms with Gasteiger partial charge in [0, 0.05) is 9.75 Å². The maximum absolute atomic E-state index is 5.39. The molecule has 0 fully saturated rings. The largest absolute Gasteiger partial charge is 0.467 e. The number of hydrogen-bond acceptors (Lipinski definition) is 3. The van der Waals surface area contributed by atoms with Crippen LogP contribution in [0.4, 0.5) is 0 Å². The molecule has 2 aromatic heterocycles. The van der Waals surface area contributed by atoms with Gasteiger partial charge >= 0.3 is 0 Å². The van der Waals surface area contributed by atoms with Crippen LogP contribution in [-0.4, -0.2) is 7.05 Å². The molecular formula is C11H13NOS. The fourth-order valence-electron chi connectivity index (χ4n) is 1.49. The van der Waals surface area contributed by atoms with Crippen molar-refractivity contribution >= 4 is 11.3 Å². The highest BCUT2D eigenvalue weighted by Gasteiger charge is 2.15. The molecule has 0 saturated heterocycles. The fraction of sp³-hybridized carbons (Fsp3) is 0.273. The van der Waals surface area contributed by atoms with Crippen molar-refractivity contribution in [2.24, 2.45) is 0 Å². The number of furan rings is 1. The van der Waals surface area contributed by atoms with Crippen molar-refractivity contribution in [2.45, 2.75) is 13.0 Å². The third-order valence-electron chi connectivity index (χ3n) is 2.16. The zero-order valence-corrected chi connectivity index (χ0v) is 9.10. The van der Waals surface area contributed by atoms with Crippen molar-refractivity contribution in [1.29, 1.82) is 0 Å². The van der Waals surface area contributed by atoms with E-state index in [-0.39, 0.29) is 6.04 Å². The minimum Gasteiger partial charge on any atom is -0.467 e. The van der Waals surface area contributed by atoms with E-state index in [4.69, 9.17) is 4.42 Å². The van der Waals surface area contributed by atoms with Gasteiger partial charge in [0.2, 0.25) is 0 Å². The Morgan fingerprint density at radius 2 is 2.21 bits per heavy atom. The van der Waals surface area contributed by atoms with E-state index in [1.165, 1.54) is 9.75 Å². The van der Waals surface area contributed by atoms with E-state index >= 15 is 0 Å². The van der Waals surface area contributed by atoms with Crippen LogP contribution in [0.15, 0.2) is 34.9 Å². The van der Waals surface area contributed by atoms with Gasteiger partial charge in [-0.15, -0.1) is 11.3 Å². The maximum Gasteiger partial charge on any atom is 0.126 e. The molecule has 0 aliphatic rings. The minimum absolute atomic E-state index is 0.184. The van der Waals surface area contributed by atoms with E-state index in [1.54, 1.807) is 17.6 Å². The number of rotatable bonds is 3. The first-order valence-electron chi connectivity index (χ1n) is 4.58. The van der Waals surface area contributed by atoms with Gasteiger partial charge < -0.3 is 9.73 Å². The van der Waals surface area contributed by atoms with Crippen LogP contribution in [0.25, 0.3) is 0 Å². The van der Waals surface area contributed by atoms with Gasteiger partial charge in [-0.2, -0.15) is 0 Å². The summed E-state index contributed by atoms with van der Waals surface area (Å²) in [4.78, 5) is 2.62. The minimum atomic E-state index is 0.184. The molecule has 2 aromatic rings. The topological polar surface area (TPSA) is 25.2 Å². The van der Waals surface area contributed by atoms with Gasteiger partial charge in [-0.3, -0.25) is 0 Å². The molecule has 0 saturated carbocycles. The van der Waals surface area contributed by atoms with Gasteiger partial charge in [0.25, 0.3) is 0 Å². The van der Waals surface area contributed by atoms with Gasteiger partial charge in [-0.1, -0.05) is 0 Å². The summed E-state index contributed by atoms with van der Waals surface area (Å²) in [5, 5.41) is 3.25. The summed E-state index contributed by atoms with van der Waals surface area (Å²) in [5.74, 6) is 0.967. The number of aryl methyl sites for hydroxylation is 1. The van der Waals surface area contributed by atoms with Gasteiger partial charge in [0.05, 0.1) is 6.26 Å². The predicted molar refractivity (Wildman–Crippen MR) is 58.7 cm³/mol. The monoisotopic (exact) mass is 207 g/mol. The van der Waals surface area contributed by atoms with Crippen molar-refractivity contribution < 1.29 is 4.42 Å². The summed E-state index contributed by atoms with van der Waals surface area (Å²) in [6, 6.07) is 8.37. The molecule has 3 heteroatoms. The van der Waals surface area contributed by atoms with Crippen LogP contribution in [0.3, 0.4) is 0 Å². The highest BCUT2D eigenvalue weighted by molar-refractivity contribution is 7.12. The third-order valence-corrected chi connectivity index (χ3v) is 3.23. The average molecular weight is 207 g/mol. The van der Waals surface area contributed by atoms with E-state index in [0.717, 1.165) is 5.76 Å². The maximum atomic E-state index is 5.39. The first-order chi connectivity index (χ1) is 6.81. The molecule has 0 aliphatic carbocycles. The first-order valence-corrected chi connectivity index (χ1v) is 5.40. The van der Waals surface area contributed by atoms with Crippen LogP contribution in [0.5, 0.6) is 0 Å². The van der Waals surface area contributed by atoms with Crippen molar-refractivity contribution in [3.8, 4) is 0 Å². The summed E-state index contributed by atoms with van der Waals surface area (Å²) in [6.07, 6.45) is 1.71. The Morgan fingerprint density at radius 3 is 2.71 bits per heavy atom. The standard InChI is InChI=1S/C11H13NOS/c1-8-5-6-10(14-8)11(12-2)9-4-3-7-13-9/h3-7,11-12H,1-2H3. The van der Waals surface area contributed by atoms with Crippen molar-refractivity contribution in [3.63, 3.8) is 0 Å². The highest BCUT2D eigenvalue weighted by atomic mass is 32.1. The third kappa shape index (κ3) is 1.74. The number of nitrogens with one attached hydrogen (secondary N) is 1. The summed E-state index contributed by atoms with van der Waals surface area (Å²) < 4.78 is 5.39. The van der Waals surface area contributed by atoms with E-state index in [0.29, 0.717) is 0 Å². The van der Waals surface area contributed by atoms with E-state index in [9.17, 15) is 0 Å². The van der Waals surface area contributed by atoms with Crippen LogP contribution in [0.2, 0.25) is 0 Å². The normalized spacial score (nSPS) is 13.0. The lowest BCUT2D eigenvalue weighted by Crippen LogP contribution is -2.15. The van der Waals surface area contributed by atoms with Crippen LogP contribution < -0.4 is 5.32 Å². The van der Waals surface area contributed by atoms with Crippen molar-refractivity contribution in [2.75, 3.05) is 7.05 Å². The highest BCUT2D eigenvalue weighted by Crippen LogP contribution is 2.27. The van der Waals surface area contributed by atoms with E-state index in [2.05, 4.69) is 24.4 Å². The molecule has 0 bridgehead atoms. The molecule has 2 nitrogen and oxygen atoms in total. The molecule has 2 rings (SSSR count). The Labute approximate surface area is 87.6 Å². The summed E-state index contributed by atoms with van der Waals surface area (Å²) in [5.41, 5.74) is 0. The Morgan fingerprint density at radius 1 is 1.36 bits per heavy atom. The van der Waals surface area contributed by atoms with Crippen LogP contribution >= 0.6 is 11.3 Å². The Bertz CT molecular complexity index is 391. The first kappa shape index (κ1) is 9.49. The molecular weight excluding hydrogens is 194 g/mol. The Hall–Kier alpha value is -1.06. The smallest absolute Gasteiger partial charge is 0.126 e. The zero-order valence-electron chi connectivity index (χ0n) is 8.28. The van der Waals surface area contributed by atoms with Crippen LogP contribution in [0.1, 0.15) is 21.6 Å². The lowest BCUT2D eigenvalue weighted by atomic mass is 10.2. The second-order valence-corrected chi connectivity index (χ2v) is 4.51. The Balaban J connectivity index is 2.31. The van der Waals surface area contributed by atoms with Crippen molar-refractivity contribution in [3.05, 3.63) is 46.0 Å². The number of thiophene rings is 1. The van der Waals surface area contributed by atoms with Gasteiger partial charge in [0.1, 0.15) is 11.8 Å². The quantitative estimate of drug-likeness (QED) is 0.837. The zero-order chi connectivity index (χ0) is 9.97. The molecule has 1 N–H and O–H groups in total. The van der Waals surface area contributed by atoms with Gasteiger partial charge in [0.15, 0.2) is 0 Å². The molecule has 1 atom stereocenters. The predicted octanol–water partition coefficient (Wildman–Crippen LogP) is 2.96. The molecule has 0 radical (unpaired) electrons. The molecule has 0 amide bonds. The molecule has 0 aliphatic heterocycles. The lowest BCUT2D eigenvalue weighted by molar-refractivity contribution is 0.466. The van der Waals surface area contributed by atoms with Crippen LogP contribution in [-0.2, 0) is 0 Å². The summed E-state index contributed by atoms with van der Waals surface area (Å²) in [7, 11) is 1.95.